The third kappa shape index (κ3) is 3.62. The molecular formula is C23H19N3O2S. The van der Waals surface area contributed by atoms with E-state index in [0.717, 1.165) is 16.3 Å². The standard InChI is InChI=1S/C23H19N3O2S/c1-15(16-8-3-2-4-9-16)24-14-19-21(27)25-23(29)26(22(19)28)20-13-7-11-17-10-5-6-12-18(17)20/h2-15,28H,1H3,(H,25,27,29)/t15-/m0/s1. The van der Waals surface area contributed by atoms with Gasteiger partial charge in [0.2, 0.25) is 5.88 Å². The minimum atomic E-state index is -0.479. The summed E-state index contributed by atoms with van der Waals surface area (Å²) in [5.41, 5.74) is 1.29. The van der Waals surface area contributed by atoms with Crippen molar-refractivity contribution in [3.05, 3.63) is 99.0 Å². The molecule has 0 aliphatic carbocycles. The summed E-state index contributed by atoms with van der Waals surface area (Å²) in [5, 5.41) is 12.8. The molecule has 0 bridgehead atoms. The molecule has 2 N–H and O–H groups in total. The minimum absolute atomic E-state index is 0.0642. The SMILES string of the molecule is C[C@H](N=Cc1c(O)n(-c2cccc3ccccc23)c(=S)[nH]c1=O)c1ccccc1. The quantitative estimate of drug-likeness (QED) is 0.376. The van der Waals surface area contributed by atoms with Gasteiger partial charge in [0.1, 0.15) is 5.56 Å². The molecule has 4 rings (SSSR count). The number of aromatic nitrogens is 2. The normalized spacial score (nSPS) is 12.4. The first kappa shape index (κ1) is 18.8. The van der Waals surface area contributed by atoms with Gasteiger partial charge in [0.15, 0.2) is 4.77 Å². The van der Waals surface area contributed by atoms with Gasteiger partial charge >= 0.3 is 0 Å². The third-order valence-electron chi connectivity index (χ3n) is 4.84. The highest BCUT2D eigenvalue weighted by Crippen LogP contribution is 2.26. The van der Waals surface area contributed by atoms with Gasteiger partial charge in [-0.2, -0.15) is 0 Å². The van der Waals surface area contributed by atoms with Crippen LogP contribution in [0.4, 0.5) is 0 Å². The summed E-state index contributed by atoms with van der Waals surface area (Å²) < 4.78 is 1.59. The molecule has 1 atom stereocenters. The van der Waals surface area contributed by atoms with Crippen LogP contribution in [0, 0.1) is 4.77 Å². The van der Waals surface area contributed by atoms with E-state index >= 15 is 0 Å². The molecule has 0 saturated heterocycles. The Labute approximate surface area is 172 Å². The zero-order valence-corrected chi connectivity index (χ0v) is 16.6. The van der Waals surface area contributed by atoms with Gasteiger partial charge in [0.25, 0.3) is 5.56 Å². The lowest BCUT2D eigenvalue weighted by molar-refractivity contribution is 0.433. The van der Waals surface area contributed by atoms with E-state index in [1.807, 2.05) is 79.7 Å². The van der Waals surface area contributed by atoms with Crippen LogP contribution in [0.1, 0.15) is 24.1 Å². The van der Waals surface area contributed by atoms with Gasteiger partial charge < -0.3 is 5.11 Å². The van der Waals surface area contributed by atoms with Crippen LogP contribution in [0.25, 0.3) is 16.5 Å². The highest BCUT2D eigenvalue weighted by Gasteiger charge is 2.14. The topological polar surface area (TPSA) is 70.4 Å². The van der Waals surface area contributed by atoms with Crippen molar-refractivity contribution in [1.82, 2.24) is 9.55 Å². The lowest BCUT2D eigenvalue weighted by atomic mass is 10.1. The number of aromatic hydroxyl groups is 1. The molecule has 5 nitrogen and oxygen atoms in total. The lowest BCUT2D eigenvalue weighted by Crippen LogP contribution is -2.18. The summed E-state index contributed by atoms with van der Waals surface area (Å²) >= 11 is 5.35. The van der Waals surface area contributed by atoms with Gasteiger partial charge in [0.05, 0.1) is 11.7 Å². The first-order chi connectivity index (χ1) is 14.1. The molecule has 0 aliphatic heterocycles. The second kappa shape index (κ2) is 7.85. The van der Waals surface area contributed by atoms with E-state index in [9.17, 15) is 9.90 Å². The van der Waals surface area contributed by atoms with E-state index in [1.165, 1.54) is 10.8 Å². The molecule has 0 aliphatic rings. The Morgan fingerprint density at radius 2 is 1.72 bits per heavy atom. The van der Waals surface area contributed by atoms with Gasteiger partial charge in [-0.05, 0) is 36.2 Å². The van der Waals surface area contributed by atoms with Gasteiger partial charge in [-0.25, -0.2) is 0 Å². The molecular weight excluding hydrogens is 382 g/mol. The molecule has 144 valence electrons. The summed E-state index contributed by atoms with van der Waals surface area (Å²) in [6.45, 7) is 1.93. The summed E-state index contributed by atoms with van der Waals surface area (Å²) in [7, 11) is 0. The Bertz CT molecular complexity index is 1320. The van der Waals surface area contributed by atoms with Crippen LogP contribution in [0.2, 0.25) is 0 Å². The molecule has 0 unspecified atom stereocenters. The Morgan fingerprint density at radius 1 is 1.03 bits per heavy atom. The number of fused-ring (bicyclic) bond motifs is 1. The van der Waals surface area contributed by atoms with Crippen molar-refractivity contribution in [1.29, 1.82) is 0 Å². The summed E-state index contributed by atoms with van der Waals surface area (Å²) in [6.07, 6.45) is 1.40. The van der Waals surface area contributed by atoms with E-state index in [2.05, 4.69) is 9.98 Å². The maximum absolute atomic E-state index is 12.5. The van der Waals surface area contributed by atoms with Crippen molar-refractivity contribution in [2.24, 2.45) is 4.99 Å². The number of aromatic amines is 1. The molecule has 3 aromatic carbocycles. The highest BCUT2D eigenvalue weighted by molar-refractivity contribution is 7.71. The molecule has 0 spiro atoms. The van der Waals surface area contributed by atoms with Crippen molar-refractivity contribution < 1.29 is 5.11 Å². The maximum Gasteiger partial charge on any atom is 0.264 e. The Morgan fingerprint density at radius 3 is 2.52 bits per heavy atom. The third-order valence-corrected chi connectivity index (χ3v) is 5.12. The number of nitrogens with one attached hydrogen (secondary N) is 1. The molecule has 0 fully saturated rings. The Hall–Kier alpha value is -3.51. The summed E-state index contributed by atoms with van der Waals surface area (Å²) in [4.78, 5) is 19.6. The van der Waals surface area contributed by atoms with Crippen molar-refractivity contribution in [2.75, 3.05) is 0 Å². The number of hydrogen-bond acceptors (Lipinski definition) is 4. The number of rotatable bonds is 4. The minimum Gasteiger partial charge on any atom is -0.494 e. The number of hydrogen-bond donors (Lipinski definition) is 2. The molecule has 0 saturated carbocycles. The van der Waals surface area contributed by atoms with Crippen LogP contribution < -0.4 is 5.56 Å². The Balaban J connectivity index is 1.85. The van der Waals surface area contributed by atoms with Crippen LogP contribution in [0.15, 0.2) is 82.6 Å². The van der Waals surface area contributed by atoms with Crippen LogP contribution in [-0.2, 0) is 0 Å². The van der Waals surface area contributed by atoms with E-state index < -0.39 is 5.56 Å². The van der Waals surface area contributed by atoms with Crippen molar-refractivity contribution >= 4 is 29.2 Å². The monoisotopic (exact) mass is 401 g/mol. The molecule has 0 radical (unpaired) electrons. The van der Waals surface area contributed by atoms with Crippen LogP contribution in [0.3, 0.4) is 0 Å². The largest absolute Gasteiger partial charge is 0.494 e. The van der Waals surface area contributed by atoms with Crippen molar-refractivity contribution in [3.63, 3.8) is 0 Å². The fourth-order valence-electron chi connectivity index (χ4n) is 3.29. The fraction of sp³-hybridized carbons (Fsp3) is 0.0870. The molecule has 1 heterocycles. The Kier molecular flexibility index (Phi) is 5.10. The smallest absolute Gasteiger partial charge is 0.264 e. The summed E-state index contributed by atoms with van der Waals surface area (Å²) in [6, 6.07) is 23.1. The maximum atomic E-state index is 12.5. The zero-order valence-electron chi connectivity index (χ0n) is 15.7. The molecule has 1 aromatic heterocycles. The average molecular weight is 401 g/mol. The predicted octanol–water partition coefficient (Wildman–Crippen LogP) is 4.93. The number of aliphatic imine (C=N–C) groups is 1. The molecule has 4 aromatic rings. The van der Waals surface area contributed by atoms with E-state index in [0.29, 0.717) is 5.69 Å². The van der Waals surface area contributed by atoms with Gasteiger partial charge in [0, 0.05) is 11.6 Å². The number of benzene rings is 3. The first-order valence-corrected chi connectivity index (χ1v) is 9.61. The van der Waals surface area contributed by atoms with Crippen LogP contribution in [-0.4, -0.2) is 20.9 Å². The van der Waals surface area contributed by atoms with Gasteiger partial charge in [-0.15, -0.1) is 0 Å². The lowest BCUT2D eigenvalue weighted by Gasteiger charge is -2.14. The van der Waals surface area contributed by atoms with Crippen molar-refractivity contribution in [3.8, 4) is 11.6 Å². The van der Waals surface area contributed by atoms with Crippen molar-refractivity contribution in [2.45, 2.75) is 13.0 Å². The van der Waals surface area contributed by atoms with Gasteiger partial charge in [-0.1, -0.05) is 66.7 Å². The zero-order chi connectivity index (χ0) is 20.4. The second-order valence-corrected chi connectivity index (χ2v) is 7.08. The second-order valence-electron chi connectivity index (χ2n) is 6.70. The molecule has 29 heavy (non-hydrogen) atoms. The van der Waals surface area contributed by atoms with Crippen LogP contribution in [0.5, 0.6) is 5.88 Å². The summed E-state index contributed by atoms with van der Waals surface area (Å²) in [5.74, 6) is -0.237. The van der Waals surface area contributed by atoms with Gasteiger partial charge in [-0.3, -0.25) is 19.3 Å². The average Bonchev–Trinajstić information content (AvgIpc) is 2.74. The van der Waals surface area contributed by atoms with Crippen LogP contribution >= 0.6 is 12.2 Å². The number of H-pyrrole nitrogens is 1. The molecule has 6 heteroatoms. The number of nitrogens with zero attached hydrogens (tertiary/aromatic N) is 2. The highest BCUT2D eigenvalue weighted by atomic mass is 32.1. The van der Waals surface area contributed by atoms with E-state index in [-0.39, 0.29) is 22.3 Å². The fourth-order valence-corrected chi connectivity index (χ4v) is 3.56. The predicted molar refractivity (Wildman–Crippen MR) is 119 cm³/mol. The van der Waals surface area contributed by atoms with E-state index in [4.69, 9.17) is 12.2 Å². The first-order valence-electron chi connectivity index (χ1n) is 9.21. The molecule has 0 amide bonds. The van der Waals surface area contributed by atoms with E-state index in [1.54, 1.807) is 0 Å².